The monoisotopic (exact) mass is 475 g/mol. The first kappa shape index (κ1) is 22.6. The van der Waals surface area contributed by atoms with Crippen LogP contribution in [-0.2, 0) is 0 Å². The minimum atomic E-state index is -0.798. The van der Waals surface area contributed by atoms with Crippen LogP contribution in [-0.4, -0.2) is 31.9 Å². The zero-order valence-electron chi connectivity index (χ0n) is 16.0. The van der Waals surface area contributed by atoms with Crippen LogP contribution in [0.4, 0.5) is 0 Å². The molecule has 136 valence electrons. The number of unbranched alkanes of at least 4 members (excludes halogenated alkanes) is 3. The maximum atomic E-state index is 6.27. The van der Waals surface area contributed by atoms with E-state index < -0.39 is 21.1 Å². The summed E-state index contributed by atoms with van der Waals surface area (Å²) in [6.45, 7) is 9.20. The van der Waals surface area contributed by atoms with E-state index in [1.54, 1.807) is 0 Å². The summed E-state index contributed by atoms with van der Waals surface area (Å²) >= 11 is 7.41. The van der Waals surface area contributed by atoms with Crippen molar-refractivity contribution in [3.05, 3.63) is 17.3 Å². The zero-order chi connectivity index (χ0) is 17.8. The van der Waals surface area contributed by atoms with Gasteiger partial charge in [0, 0.05) is 0 Å². The van der Waals surface area contributed by atoms with Gasteiger partial charge in [-0.15, -0.1) is 0 Å². The average molecular weight is 475 g/mol. The topological polar surface area (TPSA) is 12.9 Å². The Morgan fingerprint density at radius 1 is 0.958 bits per heavy atom. The fourth-order valence-corrected chi connectivity index (χ4v) is 10.2. The summed E-state index contributed by atoms with van der Waals surface area (Å²) in [5.74, 6) is 1.11. The second kappa shape index (κ2) is 12.9. The molecule has 1 rings (SSSR count). The molecule has 0 unspecified atom stereocenters. The Morgan fingerprint density at radius 3 is 1.96 bits per heavy atom. The van der Waals surface area contributed by atoms with Crippen molar-refractivity contribution in [2.45, 2.75) is 93.8 Å². The molecular weight excluding hydrogens is 440 g/mol. The molecule has 0 aliphatic carbocycles. The van der Waals surface area contributed by atoms with Crippen LogP contribution >= 0.6 is 23.4 Å². The van der Waals surface area contributed by atoms with Gasteiger partial charge in [-0.05, 0) is 0 Å². The number of nitrogens with zero attached hydrogens (tertiary/aromatic N) is 1. The summed E-state index contributed by atoms with van der Waals surface area (Å²) in [5, 5.41) is 0.682. The Labute approximate surface area is 169 Å². The molecule has 1 nitrogen and oxygen atoms in total. The second-order valence-electron chi connectivity index (χ2n) is 6.63. The summed E-state index contributed by atoms with van der Waals surface area (Å²) in [6, 6.07) is 4.18. The molecule has 0 aromatic carbocycles. The van der Waals surface area contributed by atoms with Crippen molar-refractivity contribution in [2.75, 3.05) is 5.75 Å². The van der Waals surface area contributed by atoms with Crippen LogP contribution in [0.25, 0.3) is 0 Å². The molecule has 4 heteroatoms. The Kier molecular flexibility index (Phi) is 12.1. The Balaban J connectivity index is 3.09. The molecule has 1 aromatic heterocycles. The molecule has 0 saturated heterocycles. The Morgan fingerprint density at radius 2 is 1.50 bits per heavy atom. The van der Waals surface area contributed by atoms with E-state index in [-0.39, 0.29) is 0 Å². The first-order chi connectivity index (χ1) is 11.6. The molecule has 0 spiro atoms. The molecule has 24 heavy (non-hydrogen) atoms. The quantitative estimate of drug-likeness (QED) is 0.175. The van der Waals surface area contributed by atoms with Crippen molar-refractivity contribution in [2.24, 2.45) is 0 Å². The van der Waals surface area contributed by atoms with E-state index in [4.69, 9.17) is 16.6 Å². The first-order valence-electron chi connectivity index (χ1n) is 9.68. The van der Waals surface area contributed by atoms with E-state index >= 15 is 0 Å². The molecule has 0 bridgehead atoms. The molecule has 1 heterocycles. The van der Waals surface area contributed by atoms with Crippen molar-refractivity contribution < 1.29 is 0 Å². The van der Waals surface area contributed by atoms with Crippen LogP contribution in [0.15, 0.2) is 17.0 Å². The zero-order valence-corrected chi connectivity index (χ0v) is 20.4. The van der Waals surface area contributed by atoms with E-state index in [1.165, 1.54) is 66.4 Å². The van der Waals surface area contributed by atoms with Crippen LogP contribution in [0, 0.1) is 0 Å². The SMILES string of the molecule is CCCC[C](CCCC)(CCCC)[Sn][c]1nc(Cl)ccc1SCC. The number of hydrogen-bond donors (Lipinski definition) is 0. The van der Waals surface area contributed by atoms with E-state index in [0.717, 1.165) is 5.75 Å². The molecular formula is C20H34ClNSSn. The number of halogens is 1. The minimum absolute atomic E-state index is 0.576. The number of pyridine rings is 1. The molecule has 0 fully saturated rings. The van der Waals surface area contributed by atoms with Gasteiger partial charge in [0.05, 0.1) is 0 Å². The third-order valence-corrected chi connectivity index (χ3v) is 11.6. The van der Waals surface area contributed by atoms with Crippen molar-refractivity contribution in [3.63, 3.8) is 0 Å². The van der Waals surface area contributed by atoms with Gasteiger partial charge in [0.15, 0.2) is 0 Å². The average Bonchev–Trinajstić information content (AvgIpc) is 2.58. The maximum absolute atomic E-state index is 6.27. The molecule has 2 radical (unpaired) electrons. The molecule has 1 aromatic rings. The van der Waals surface area contributed by atoms with Crippen LogP contribution in [0.5, 0.6) is 0 Å². The van der Waals surface area contributed by atoms with E-state index in [0.29, 0.717) is 8.58 Å². The summed E-state index contributed by atoms with van der Waals surface area (Å²) in [7, 11) is 0. The van der Waals surface area contributed by atoms with Gasteiger partial charge >= 0.3 is 170 Å². The molecule has 0 N–H and O–H groups in total. The fourth-order valence-electron chi connectivity index (χ4n) is 3.14. The first-order valence-corrected chi connectivity index (χ1v) is 13.9. The molecule has 0 amide bonds. The van der Waals surface area contributed by atoms with Gasteiger partial charge in [-0.3, -0.25) is 0 Å². The van der Waals surface area contributed by atoms with Crippen LogP contribution in [0.3, 0.4) is 0 Å². The summed E-state index contributed by atoms with van der Waals surface area (Å²) in [6.07, 6.45) is 12.2. The van der Waals surface area contributed by atoms with Crippen molar-refractivity contribution in [1.29, 1.82) is 0 Å². The third-order valence-electron chi connectivity index (χ3n) is 4.53. The second-order valence-corrected chi connectivity index (χ2v) is 13.4. The Bertz CT molecular complexity index is 445. The van der Waals surface area contributed by atoms with E-state index in [9.17, 15) is 0 Å². The normalized spacial score (nSPS) is 11.9. The van der Waals surface area contributed by atoms with Gasteiger partial charge in [-0.25, -0.2) is 0 Å². The molecule has 0 saturated carbocycles. The van der Waals surface area contributed by atoms with Crippen molar-refractivity contribution in [1.82, 2.24) is 4.98 Å². The predicted molar refractivity (Wildman–Crippen MR) is 112 cm³/mol. The van der Waals surface area contributed by atoms with Gasteiger partial charge in [0.1, 0.15) is 0 Å². The van der Waals surface area contributed by atoms with E-state index in [1.807, 2.05) is 17.8 Å². The number of thioether (sulfide) groups is 1. The molecule has 0 atom stereocenters. The van der Waals surface area contributed by atoms with Crippen molar-refractivity contribution >= 4 is 48.2 Å². The van der Waals surface area contributed by atoms with Crippen molar-refractivity contribution in [3.8, 4) is 0 Å². The number of aromatic nitrogens is 1. The number of rotatable bonds is 13. The number of hydrogen-bond acceptors (Lipinski definition) is 2. The summed E-state index contributed by atoms with van der Waals surface area (Å²) < 4.78 is 1.98. The van der Waals surface area contributed by atoms with Gasteiger partial charge in [-0.2, -0.15) is 0 Å². The van der Waals surface area contributed by atoms with Gasteiger partial charge in [-0.1, -0.05) is 0 Å². The van der Waals surface area contributed by atoms with Crippen LogP contribution in [0.1, 0.15) is 85.5 Å². The van der Waals surface area contributed by atoms with Gasteiger partial charge in [0.2, 0.25) is 0 Å². The van der Waals surface area contributed by atoms with E-state index in [2.05, 4.69) is 33.8 Å². The standard InChI is InChI=1S/C13H27.C7H7ClNS.Sn/c1-4-7-10-13(11-8-5-2)12-9-6-3;1-2-10-6-3-4-7(8)9-5-6;/h4-12H2,1-3H3;3-4H,2H2,1H3;. The van der Waals surface area contributed by atoms with Crippen LogP contribution in [0.2, 0.25) is 8.58 Å². The van der Waals surface area contributed by atoms with Crippen LogP contribution < -0.4 is 3.71 Å². The predicted octanol–water partition coefficient (Wildman–Crippen LogP) is 6.91. The van der Waals surface area contributed by atoms with Gasteiger partial charge < -0.3 is 0 Å². The molecule has 0 aliphatic heterocycles. The van der Waals surface area contributed by atoms with Gasteiger partial charge in [0.25, 0.3) is 0 Å². The fraction of sp³-hybridized carbons (Fsp3) is 0.750. The summed E-state index contributed by atoms with van der Waals surface area (Å²) in [4.78, 5) is 6.23. The Hall–Kier alpha value is 0.589. The molecule has 0 aliphatic rings. The summed E-state index contributed by atoms with van der Waals surface area (Å²) in [5.41, 5.74) is 0. The third kappa shape index (κ3) is 7.86.